The lowest BCUT2D eigenvalue weighted by Crippen LogP contribution is -2.27. The highest BCUT2D eigenvalue weighted by molar-refractivity contribution is 8.27. The van der Waals surface area contributed by atoms with E-state index in [0.29, 0.717) is 30.7 Å². The maximum absolute atomic E-state index is 13.1. The van der Waals surface area contributed by atoms with E-state index in [4.69, 9.17) is 40.2 Å². The number of halogens is 2. The Bertz CT molecular complexity index is 1360. The van der Waals surface area contributed by atoms with Gasteiger partial charge in [-0.3, -0.25) is 14.5 Å². The lowest BCUT2D eigenvalue weighted by atomic mass is 10.2. The van der Waals surface area contributed by atoms with E-state index < -0.39 is 0 Å². The number of thiocarbonyl (C=S) groups is 1. The van der Waals surface area contributed by atoms with Crippen LogP contribution in [0.5, 0.6) is 5.75 Å². The molecule has 2 amide bonds. The van der Waals surface area contributed by atoms with Crippen LogP contribution in [0.25, 0.3) is 6.08 Å². The van der Waals surface area contributed by atoms with Gasteiger partial charge < -0.3 is 15.0 Å². The van der Waals surface area contributed by atoms with Crippen molar-refractivity contribution in [2.45, 2.75) is 0 Å². The van der Waals surface area contributed by atoms with Crippen LogP contribution in [0.3, 0.4) is 0 Å². The van der Waals surface area contributed by atoms with Crippen LogP contribution in [-0.2, 0) is 9.59 Å². The Morgan fingerprint density at radius 1 is 1.08 bits per heavy atom. The number of hydrogen-bond donors (Lipinski definition) is 1. The largest absolute Gasteiger partial charge is 0.484 e. The van der Waals surface area contributed by atoms with E-state index in [1.165, 1.54) is 16.7 Å². The molecule has 1 aliphatic rings. The summed E-state index contributed by atoms with van der Waals surface area (Å²) < 4.78 is 6.10. The minimum Gasteiger partial charge on any atom is -0.484 e. The molecule has 0 radical (unpaired) electrons. The van der Waals surface area contributed by atoms with Crippen LogP contribution in [0.2, 0.25) is 10.0 Å². The van der Waals surface area contributed by atoms with Crippen molar-refractivity contribution in [2.24, 2.45) is 0 Å². The van der Waals surface area contributed by atoms with Gasteiger partial charge in [-0.05, 0) is 66.2 Å². The number of nitrogens with zero attached hydrogens (tertiary/aromatic N) is 2. The smallest absolute Gasteiger partial charge is 0.270 e. The summed E-state index contributed by atoms with van der Waals surface area (Å²) in [6, 6.07) is 19.6. The molecule has 3 aromatic carbocycles. The normalized spacial score (nSPS) is 14.3. The van der Waals surface area contributed by atoms with Crippen molar-refractivity contribution in [1.29, 1.82) is 0 Å². The maximum Gasteiger partial charge on any atom is 0.270 e. The number of amides is 2. The van der Waals surface area contributed by atoms with E-state index in [9.17, 15) is 9.59 Å². The van der Waals surface area contributed by atoms with Crippen LogP contribution in [0.15, 0.2) is 71.6 Å². The zero-order valence-corrected chi connectivity index (χ0v) is 22.5. The molecule has 1 fully saturated rings. The van der Waals surface area contributed by atoms with Gasteiger partial charge in [0.1, 0.15) is 5.75 Å². The number of anilines is 3. The van der Waals surface area contributed by atoms with Gasteiger partial charge in [0.25, 0.3) is 11.8 Å². The Balaban J connectivity index is 1.41. The molecule has 1 N–H and O–H groups in total. The quantitative estimate of drug-likeness (QED) is 0.265. The SMILES string of the molecule is CN(C)c1ccc(N2C(=O)/C(=C/c3cccc(OCC(=O)Nc4ccc(Cl)c(Cl)c4)c3)SC2=S)cc1. The standard InChI is InChI=1S/C26H21Cl2N3O3S2/c1-30(2)18-7-9-19(10-8-18)31-25(33)23(36-26(31)35)13-16-4-3-5-20(12-16)34-15-24(32)29-17-6-11-21(27)22(28)14-17/h3-14H,15H2,1-2H3,(H,29,32)/b23-13-. The first-order valence-electron chi connectivity index (χ1n) is 10.7. The van der Waals surface area contributed by atoms with Crippen molar-refractivity contribution in [1.82, 2.24) is 0 Å². The van der Waals surface area contributed by atoms with Crippen molar-refractivity contribution in [3.8, 4) is 5.75 Å². The third-order valence-corrected chi connectivity index (χ3v) is 7.19. The molecule has 6 nitrogen and oxygen atoms in total. The van der Waals surface area contributed by atoms with Gasteiger partial charge >= 0.3 is 0 Å². The Morgan fingerprint density at radius 3 is 2.53 bits per heavy atom. The number of carbonyl (C=O) groups excluding carboxylic acids is 2. The molecule has 0 atom stereocenters. The van der Waals surface area contributed by atoms with E-state index in [1.54, 1.807) is 42.5 Å². The molecule has 1 aliphatic heterocycles. The van der Waals surface area contributed by atoms with Crippen LogP contribution in [-0.4, -0.2) is 36.8 Å². The fourth-order valence-electron chi connectivity index (χ4n) is 3.36. The molecule has 10 heteroatoms. The lowest BCUT2D eigenvalue weighted by Gasteiger charge is -2.17. The maximum atomic E-state index is 13.1. The summed E-state index contributed by atoms with van der Waals surface area (Å²) >= 11 is 18.6. The second-order valence-electron chi connectivity index (χ2n) is 7.97. The van der Waals surface area contributed by atoms with Crippen molar-refractivity contribution in [3.63, 3.8) is 0 Å². The van der Waals surface area contributed by atoms with Gasteiger partial charge in [0.05, 0.1) is 20.6 Å². The summed E-state index contributed by atoms with van der Waals surface area (Å²) in [4.78, 5) is 29.4. The Labute approximate surface area is 228 Å². The predicted octanol–water partition coefficient (Wildman–Crippen LogP) is 6.48. The lowest BCUT2D eigenvalue weighted by molar-refractivity contribution is -0.118. The summed E-state index contributed by atoms with van der Waals surface area (Å²) in [5.41, 5.74) is 3.02. The van der Waals surface area contributed by atoms with E-state index in [2.05, 4.69) is 5.32 Å². The van der Waals surface area contributed by atoms with Crippen molar-refractivity contribution in [2.75, 3.05) is 35.8 Å². The highest BCUT2D eigenvalue weighted by atomic mass is 35.5. The number of thioether (sulfide) groups is 1. The van der Waals surface area contributed by atoms with E-state index in [-0.39, 0.29) is 18.4 Å². The zero-order valence-electron chi connectivity index (χ0n) is 19.3. The number of nitrogens with one attached hydrogen (secondary N) is 1. The van der Waals surface area contributed by atoms with Gasteiger partial charge in [-0.25, -0.2) is 0 Å². The highest BCUT2D eigenvalue weighted by Gasteiger charge is 2.33. The first-order valence-corrected chi connectivity index (χ1v) is 12.7. The van der Waals surface area contributed by atoms with E-state index in [1.807, 2.05) is 49.3 Å². The summed E-state index contributed by atoms with van der Waals surface area (Å²) in [6.07, 6.45) is 1.76. The average Bonchev–Trinajstić information content (AvgIpc) is 3.13. The Morgan fingerprint density at radius 2 is 1.83 bits per heavy atom. The number of benzene rings is 3. The minimum absolute atomic E-state index is 0.185. The van der Waals surface area contributed by atoms with Gasteiger partial charge in [0.15, 0.2) is 10.9 Å². The third-order valence-electron chi connectivity index (χ3n) is 5.15. The molecule has 1 saturated heterocycles. The number of hydrogen-bond acceptors (Lipinski definition) is 6. The Hall–Kier alpha value is -3.04. The molecule has 0 aliphatic carbocycles. The van der Waals surface area contributed by atoms with Crippen LogP contribution < -0.4 is 19.9 Å². The minimum atomic E-state index is -0.347. The number of rotatable bonds is 7. The number of carbonyl (C=O) groups is 2. The van der Waals surface area contributed by atoms with Crippen molar-refractivity contribution < 1.29 is 14.3 Å². The molecule has 0 aromatic heterocycles. The molecular formula is C26H21Cl2N3O3S2. The zero-order chi connectivity index (χ0) is 25.8. The number of ether oxygens (including phenoxy) is 1. The van der Waals surface area contributed by atoms with Crippen LogP contribution in [0.1, 0.15) is 5.56 Å². The molecule has 0 saturated carbocycles. The first kappa shape index (κ1) is 26.0. The first-order chi connectivity index (χ1) is 17.2. The predicted molar refractivity (Wildman–Crippen MR) is 153 cm³/mol. The molecule has 3 aromatic rings. The highest BCUT2D eigenvalue weighted by Crippen LogP contribution is 2.36. The van der Waals surface area contributed by atoms with Gasteiger partial charge in [0.2, 0.25) is 0 Å². The van der Waals surface area contributed by atoms with Crippen LogP contribution >= 0.6 is 47.2 Å². The molecule has 0 unspecified atom stereocenters. The van der Waals surface area contributed by atoms with E-state index >= 15 is 0 Å². The molecule has 0 bridgehead atoms. The molecular weight excluding hydrogens is 537 g/mol. The molecule has 4 rings (SSSR count). The second-order valence-corrected chi connectivity index (χ2v) is 10.5. The Kier molecular flexibility index (Phi) is 8.21. The van der Waals surface area contributed by atoms with E-state index in [0.717, 1.165) is 16.9 Å². The van der Waals surface area contributed by atoms with Crippen LogP contribution in [0, 0.1) is 0 Å². The van der Waals surface area contributed by atoms with Crippen molar-refractivity contribution in [3.05, 3.63) is 87.2 Å². The van der Waals surface area contributed by atoms with Crippen molar-refractivity contribution >= 4 is 86.5 Å². The molecule has 0 spiro atoms. The van der Waals surface area contributed by atoms with Crippen LogP contribution in [0.4, 0.5) is 17.1 Å². The monoisotopic (exact) mass is 557 g/mol. The molecule has 36 heavy (non-hydrogen) atoms. The summed E-state index contributed by atoms with van der Waals surface area (Å²) in [5, 5.41) is 3.46. The van der Waals surface area contributed by atoms with Gasteiger partial charge in [-0.15, -0.1) is 0 Å². The topological polar surface area (TPSA) is 61.9 Å². The fourth-order valence-corrected chi connectivity index (χ4v) is 4.95. The summed E-state index contributed by atoms with van der Waals surface area (Å²) in [7, 11) is 3.91. The average molecular weight is 559 g/mol. The van der Waals surface area contributed by atoms with Gasteiger partial charge in [0, 0.05) is 25.5 Å². The molecule has 1 heterocycles. The second kappa shape index (κ2) is 11.3. The third kappa shape index (κ3) is 6.20. The fraction of sp³-hybridized carbons (Fsp3) is 0.115. The van der Waals surface area contributed by atoms with Gasteiger partial charge in [-0.2, -0.15) is 0 Å². The van der Waals surface area contributed by atoms with Gasteiger partial charge in [-0.1, -0.05) is 59.3 Å². The summed E-state index contributed by atoms with van der Waals surface area (Å²) in [5.74, 6) is -0.0438. The summed E-state index contributed by atoms with van der Waals surface area (Å²) in [6.45, 7) is -0.200. The molecule has 184 valence electrons.